The molecule has 0 radical (unpaired) electrons. The van der Waals surface area contributed by atoms with Crippen LogP contribution in [0.1, 0.15) is 28.9 Å². The molecule has 2 fully saturated rings. The lowest BCUT2D eigenvalue weighted by atomic mass is 9.81. The first-order valence-electron chi connectivity index (χ1n) is 6.72. The highest BCUT2D eigenvalue weighted by Gasteiger charge is 2.55. The molecule has 1 aliphatic heterocycles. The first-order valence-corrected chi connectivity index (χ1v) is 8.83. The molecular weight excluding hydrogens is 294 g/mol. The maximum Gasteiger partial charge on any atom is 0.311 e. The minimum atomic E-state index is -0.730. The number of likely N-dealkylation sites (tertiary alicyclic amines) is 1. The summed E-state index contributed by atoms with van der Waals surface area (Å²) < 4.78 is 0. The van der Waals surface area contributed by atoms with E-state index in [0.29, 0.717) is 19.5 Å². The molecule has 3 rings (SSSR count). The summed E-state index contributed by atoms with van der Waals surface area (Å²) in [7, 11) is 0. The van der Waals surface area contributed by atoms with Crippen molar-refractivity contribution in [3.8, 4) is 0 Å². The highest BCUT2D eigenvalue weighted by atomic mass is 32.2. The second-order valence-electron chi connectivity index (χ2n) is 5.55. The molecule has 0 aromatic carbocycles. The summed E-state index contributed by atoms with van der Waals surface area (Å²) in [4.78, 5) is 27.7. The van der Waals surface area contributed by atoms with Crippen LogP contribution in [0, 0.1) is 11.3 Å². The molecule has 0 bridgehead atoms. The first kappa shape index (κ1) is 13.9. The van der Waals surface area contributed by atoms with Crippen LogP contribution in [0.25, 0.3) is 0 Å². The summed E-state index contributed by atoms with van der Waals surface area (Å²) in [5.41, 5.74) is -0.688. The number of carboxylic acid groups (broad SMARTS) is 1. The molecule has 4 nitrogen and oxygen atoms in total. The summed E-state index contributed by atoms with van der Waals surface area (Å²) in [6, 6.07) is 1.95. The fraction of sp³-hybridized carbons (Fsp3) is 0.571. The zero-order valence-corrected chi connectivity index (χ0v) is 12.9. The minimum Gasteiger partial charge on any atom is -0.481 e. The highest BCUT2D eigenvalue weighted by molar-refractivity contribution is 7.98. The van der Waals surface area contributed by atoms with E-state index >= 15 is 0 Å². The maximum atomic E-state index is 12.6. The number of rotatable bonds is 3. The lowest BCUT2D eigenvalue weighted by Gasteiger charge is -2.23. The number of aliphatic carboxylic acids is 1. The number of fused-ring (bicyclic) bond motifs is 1. The number of hydrogen-bond acceptors (Lipinski definition) is 4. The van der Waals surface area contributed by atoms with Crippen molar-refractivity contribution in [1.82, 2.24) is 4.90 Å². The third-order valence-corrected chi connectivity index (χ3v) is 6.44. The zero-order chi connectivity index (χ0) is 14.3. The summed E-state index contributed by atoms with van der Waals surface area (Å²) in [5.74, 6) is -0.604. The van der Waals surface area contributed by atoms with Crippen molar-refractivity contribution in [2.24, 2.45) is 11.3 Å². The van der Waals surface area contributed by atoms with Gasteiger partial charge in [-0.2, -0.15) is 0 Å². The third kappa shape index (κ3) is 1.97. The Morgan fingerprint density at radius 1 is 1.55 bits per heavy atom. The standard InChI is InChI=1S/C14H17NO3S2/c1-19-10-4-6-20-11(10)12(16)15-7-9-3-2-5-14(9,8-15)13(17)18/h4,6,9H,2-3,5,7-8H2,1H3,(H,17,18)/t9-,14+/m0/s1. The molecular formula is C14H17NO3S2. The molecule has 0 unspecified atom stereocenters. The Morgan fingerprint density at radius 3 is 3.00 bits per heavy atom. The fourth-order valence-corrected chi connectivity index (χ4v) is 5.26. The molecule has 20 heavy (non-hydrogen) atoms. The summed E-state index contributed by atoms with van der Waals surface area (Å²) in [5, 5.41) is 11.5. The van der Waals surface area contributed by atoms with Crippen molar-refractivity contribution in [2.75, 3.05) is 19.3 Å². The predicted molar refractivity (Wildman–Crippen MR) is 79.4 cm³/mol. The van der Waals surface area contributed by atoms with Crippen molar-refractivity contribution < 1.29 is 14.7 Å². The van der Waals surface area contributed by atoms with E-state index in [0.717, 1.165) is 22.6 Å². The van der Waals surface area contributed by atoms with Gasteiger partial charge in [0.15, 0.2) is 0 Å². The van der Waals surface area contributed by atoms with Crippen molar-refractivity contribution >= 4 is 35.0 Å². The molecule has 1 saturated heterocycles. The molecule has 2 atom stereocenters. The maximum absolute atomic E-state index is 12.6. The van der Waals surface area contributed by atoms with Crippen LogP contribution in [-0.4, -0.2) is 41.2 Å². The second kappa shape index (κ2) is 5.07. The molecule has 2 heterocycles. The third-order valence-electron chi connectivity index (χ3n) is 4.63. The predicted octanol–water partition coefficient (Wildman–Crippen LogP) is 2.80. The molecule has 2 aliphatic rings. The molecule has 1 aromatic heterocycles. The Morgan fingerprint density at radius 2 is 2.35 bits per heavy atom. The van der Waals surface area contributed by atoms with Gasteiger partial charge in [0.05, 0.1) is 5.41 Å². The molecule has 108 valence electrons. The monoisotopic (exact) mass is 311 g/mol. The average Bonchev–Trinajstić information content (AvgIpc) is 3.10. The molecule has 1 saturated carbocycles. The van der Waals surface area contributed by atoms with Crippen LogP contribution in [0.2, 0.25) is 0 Å². The summed E-state index contributed by atoms with van der Waals surface area (Å²) in [6.45, 7) is 0.967. The van der Waals surface area contributed by atoms with Crippen LogP contribution in [0.15, 0.2) is 16.3 Å². The smallest absolute Gasteiger partial charge is 0.311 e. The number of amides is 1. The minimum absolute atomic E-state index is 0.000579. The lowest BCUT2D eigenvalue weighted by Crippen LogP contribution is -2.37. The van der Waals surface area contributed by atoms with Gasteiger partial charge < -0.3 is 10.0 Å². The lowest BCUT2D eigenvalue weighted by molar-refractivity contribution is -0.149. The van der Waals surface area contributed by atoms with E-state index in [9.17, 15) is 14.7 Å². The van der Waals surface area contributed by atoms with E-state index < -0.39 is 11.4 Å². The quantitative estimate of drug-likeness (QED) is 0.872. The Balaban J connectivity index is 1.84. The van der Waals surface area contributed by atoms with Crippen molar-refractivity contribution in [3.63, 3.8) is 0 Å². The van der Waals surface area contributed by atoms with Gasteiger partial charge in [-0.15, -0.1) is 23.1 Å². The topological polar surface area (TPSA) is 57.6 Å². The first-order chi connectivity index (χ1) is 9.58. The number of carboxylic acids is 1. The van der Waals surface area contributed by atoms with Crippen molar-refractivity contribution in [3.05, 3.63) is 16.3 Å². The number of carbonyl (C=O) groups is 2. The van der Waals surface area contributed by atoms with Crippen LogP contribution in [-0.2, 0) is 4.79 Å². The van der Waals surface area contributed by atoms with Gasteiger partial charge in [0.25, 0.3) is 5.91 Å². The Hall–Kier alpha value is -1.01. The van der Waals surface area contributed by atoms with Gasteiger partial charge in [-0.3, -0.25) is 9.59 Å². The van der Waals surface area contributed by atoms with Gasteiger partial charge in [0.2, 0.25) is 0 Å². The van der Waals surface area contributed by atoms with E-state index in [-0.39, 0.29) is 11.8 Å². The average molecular weight is 311 g/mol. The Labute approximate surface area is 126 Å². The van der Waals surface area contributed by atoms with E-state index in [1.165, 1.54) is 11.3 Å². The summed E-state index contributed by atoms with van der Waals surface area (Å²) >= 11 is 3.01. The van der Waals surface area contributed by atoms with E-state index in [4.69, 9.17) is 0 Å². The van der Waals surface area contributed by atoms with Gasteiger partial charge in [0.1, 0.15) is 4.88 Å². The number of thioether (sulfide) groups is 1. The van der Waals surface area contributed by atoms with Crippen LogP contribution in [0.3, 0.4) is 0 Å². The largest absolute Gasteiger partial charge is 0.481 e. The van der Waals surface area contributed by atoms with Gasteiger partial charge in [-0.25, -0.2) is 0 Å². The molecule has 1 amide bonds. The normalized spacial score (nSPS) is 28.6. The van der Waals surface area contributed by atoms with E-state index in [1.54, 1.807) is 16.7 Å². The van der Waals surface area contributed by atoms with Crippen molar-refractivity contribution in [1.29, 1.82) is 0 Å². The molecule has 1 N–H and O–H groups in total. The molecule has 1 aliphatic carbocycles. The number of hydrogen-bond donors (Lipinski definition) is 1. The molecule has 1 aromatic rings. The van der Waals surface area contributed by atoms with Crippen LogP contribution in [0.5, 0.6) is 0 Å². The Kier molecular flexibility index (Phi) is 3.54. The number of nitrogens with zero attached hydrogens (tertiary/aromatic N) is 1. The summed E-state index contributed by atoms with van der Waals surface area (Å²) in [6.07, 6.45) is 4.55. The van der Waals surface area contributed by atoms with Gasteiger partial charge in [0, 0.05) is 18.0 Å². The highest BCUT2D eigenvalue weighted by Crippen LogP contribution is 2.49. The van der Waals surface area contributed by atoms with Crippen LogP contribution >= 0.6 is 23.1 Å². The van der Waals surface area contributed by atoms with Gasteiger partial charge in [-0.05, 0) is 36.5 Å². The van der Waals surface area contributed by atoms with E-state index in [1.807, 2.05) is 17.7 Å². The van der Waals surface area contributed by atoms with Crippen LogP contribution < -0.4 is 0 Å². The SMILES string of the molecule is CSc1ccsc1C(=O)N1C[C@@H]2CCC[C@@]2(C(=O)O)C1. The fourth-order valence-electron chi connectivity index (χ4n) is 3.55. The Bertz CT molecular complexity index is 556. The van der Waals surface area contributed by atoms with Crippen LogP contribution in [0.4, 0.5) is 0 Å². The molecule has 0 spiro atoms. The van der Waals surface area contributed by atoms with E-state index in [2.05, 4.69) is 0 Å². The second-order valence-corrected chi connectivity index (χ2v) is 7.32. The molecule has 6 heteroatoms. The van der Waals surface area contributed by atoms with Gasteiger partial charge in [-0.1, -0.05) is 6.42 Å². The van der Waals surface area contributed by atoms with Crippen molar-refractivity contribution in [2.45, 2.75) is 24.2 Å². The van der Waals surface area contributed by atoms with Gasteiger partial charge >= 0.3 is 5.97 Å². The zero-order valence-electron chi connectivity index (χ0n) is 11.3. The number of thiophene rings is 1. The number of carbonyl (C=O) groups excluding carboxylic acids is 1.